The Morgan fingerprint density at radius 1 is 1.27 bits per heavy atom. The zero-order valence-corrected chi connectivity index (χ0v) is 6.52. The molecule has 0 heterocycles. The molecule has 2 fully saturated rings. The fourth-order valence-corrected chi connectivity index (χ4v) is 1.97. The van der Waals surface area contributed by atoms with Gasteiger partial charge in [-0.15, -0.1) is 0 Å². The lowest BCUT2D eigenvalue weighted by Crippen LogP contribution is -2.33. The summed E-state index contributed by atoms with van der Waals surface area (Å²) in [6.07, 6.45) is 5.59. The minimum Gasteiger partial charge on any atom is -0.207 e. The normalized spacial score (nSPS) is 37.1. The van der Waals surface area contributed by atoms with Gasteiger partial charge in [0, 0.05) is 12.3 Å². The average molecular weight is 159 g/mol. The van der Waals surface area contributed by atoms with Gasteiger partial charge in [-0.2, -0.15) is 0 Å². The van der Waals surface area contributed by atoms with Crippen molar-refractivity contribution in [2.24, 2.45) is 11.8 Å². The second-order valence-electron chi connectivity index (χ2n) is 3.75. The summed E-state index contributed by atoms with van der Waals surface area (Å²) >= 11 is 0. The van der Waals surface area contributed by atoms with E-state index in [9.17, 15) is 8.78 Å². The summed E-state index contributed by atoms with van der Waals surface area (Å²) in [5.74, 6) is -2.43. The molecule has 0 nitrogen and oxygen atoms in total. The van der Waals surface area contributed by atoms with Gasteiger partial charge in [-0.3, -0.25) is 0 Å². The summed E-state index contributed by atoms with van der Waals surface area (Å²) < 4.78 is 26.3. The molecule has 0 aliphatic heterocycles. The second-order valence-corrected chi connectivity index (χ2v) is 3.75. The number of rotatable bonds is 1. The SMILES string of the molecule is FC1(F)CCC[CH]C1C1CC1. The van der Waals surface area contributed by atoms with Crippen molar-refractivity contribution in [3.63, 3.8) is 0 Å². The van der Waals surface area contributed by atoms with Gasteiger partial charge in [-0.05, 0) is 38.0 Å². The molecule has 0 amide bonds. The zero-order valence-electron chi connectivity index (χ0n) is 6.52. The Labute approximate surface area is 66.0 Å². The highest BCUT2D eigenvalue weighted by Crippen LogP contribution is 2.50. The van der Waals surface area contributed by atoms with Gasteiger partial charge < -0.3 is 0 Å². The fraction of sp³-hybridized carbons (Fsp3) is 0.889. The van der Waals surface area contributed by atoms with Crippen molar-refractivity contribution in [3.8, 4) is 0 Å². The van der Waals surface area contributed by atoms with Crippen LogP contribution in [0.1, 0.15) is 32.1 Å². The number of alkyl halides is 2. The highest BCUT2D eigenvalue weighted by molar-refractivity contribution is 5.00. The third-order valence-electron chi connectivity index (χ3n) is 2.75. The Kier molecular flexibility index (Phi) is 1.66. The van der Waals surface area contributed by atoms with Crippen LogP contribution in [-0.2, 0) is 0 Å². The number of hydrogen-bond acceptors (Lipinski definition) is 0. The van der Waals surface area contributed by atoms with Gasteiger partial charge in [-0.1, -0.05) is 0 Å². The minimum atomic E-state index is -2.38. The van der Waals surface area contributed by atoms with Gasteiger partial charge in [0.25, 0.3) is 5.92 Å². The predicted octanol–water partition coefficient (Wildman–Crippen LogP) is 3.04. The molecule has 2 aliphatic rings. The van der Waals surface area contributed by atoms with Gasteiger partial charge in [0.15, 0.2) is 0 Å². The van der Waals surface area contributed by atoms with Crippen molar-refractivity contribution in [2.75, 3.05) is 0 Å². The second kappa shape index (κ2) is 2.43. The van der Waals surface area contributed by atoms with Gasteiger partial charge in [0.2, 0.25) is 0 Å². The maximum absolute atomic E-state index is 13.1. The maximum Gasteiger partial charge on any atom is 0.251 e. The standard InChI is InChI=1S/C9H13F2/c10-9(11)6-2-1-3-8(9)7-4-5-7/h3,7-8H,1-2,4-6H2. The smallest absolute Gasteiger partial charge is 0.207 e. The van der Waals surface area contributed by atoms with Crippen LogP contribution in [0.2, 0.25) is 0 Å². The van der Waals surface area contributed by atoms with Crippen molar-refractivity contribution in [2.45, 2.75) is 38.0 Å². The van der Waals surface area contributed by atoms with Crippen LogP contribution >= 0.6 is 0 Å². The Bertz CT molecular complexity index is 150. The van der Waals surface area contributed by atoms with Crippen LogP contribution in [0, 0.1) is 18.3 Å². The summed E-state index contributed by atoms with van der Waals surface area (Å²) in [5.41, 5.74) is 0. The molecule has 1 unspecified atom stereocenters. The number of hydrogen-bond donors (Lipinski definition) is 0. The first-order valence-electron chi connectivity index (χ1n) is 4.41. The van der Waals surface area contributed by atoms with E-state index >= 15 is 0 Å². The largest absolute Gasteiger partial charge is 0.251 e. The van der Waals surface area contributed by atoms with Gasteiger partial charge in [0.05, 0.1) is 0 Å². The van der Waals surface area contributed by atoms with Gasteiger partial charge in [-0.25, -0.2) is 8.78 Å². The Morgan fingerprint density at radius 2 is 2.00 bits per heavy atom. The Morgan fingerprint density at radius 3 is 2.55 bits per heavy atom. The molecular formula is C9H13F2. The molecule has 2 rings (SSSR count). The highest BCUT2D eigenvalue weighted by atomic mass is 19.3. The van der Waals surface area contributed by atoms with E-state index in [0.717, 1.165) is 19.3 Å². The lowest BCUT2D eigenvalue weighted by atomic mass is 9.82. The molecule has 1 atom stereocenters. The van der Waals surface area contributed by atoms with Crippen LogP contribution in [0.3, 0.4) is 0 Å². The first-order valence-corrected chi connectivity index (χ1v) is 4.41. The van der Waals surface area contributed by atoms with E-state index in [1.807, 2.05) is 6.42 Å². The quantitative estimate of drug-likeness (QED) is 0.551. The van der Waals surface area contributed by atoms with E-state index in [-0.39, 0.29) is 12.3 Å². The molecule has 1 radical (unpaired) electrons. The molecule has 0 N–H and O–H groups in total. The predicted molar refractivity (Wildman–Crippen MR) is 39.3 cm³/mol. The van der Waals surface area contributed by atoms with Crippen molar-refractivity contribution in [1.29, 1.82) is 0 Å². The van der Waals surface area contributed by atoms with Crippen molar-refractivity contribution in [3.05, 3.63) is 6.42 Å². The Balaban J connectivity index is 2.02. The topological polar surface area (TPSA) is 0 Å². The minimum absolute atomic E-state index is 0.116. The highest BCUT2D eigenvalue weighted by Gasteiger charge is 2.48. The molecule has 2 aliphatic carbocycles. The van der Waals surface area contributed by atoms with Crippen LogP contribution in [-0.4, -0.2) is 5.92 Å². The van der Waals surface area contributed by atoms with Crippen molar-refractivity contribution in [1.82, 2.24) is 0 Å². The number of halogens is 2. The monoisotopic (exact) mass is 159 g/mol. The van der Waals surface area contributed by atoms with E-state index in [2.05, 4.69) is 0 Å². The fourth-order valence-electron chi connectivity index (χ4n) is 1.97. The van der Waals surface area contributed by atoms with Crippen molar-refractivity contribution < 1.29 is 8.78 Å². The molecule has 2 saturated carbocycles. The molecule has 63 valence electrons. The lowest BCUT2D eigenvalue weighted by Gasteiger charge is -2.30. The van der Waals surface area contributed by atoms with Crippen LogP contribution < -0.4 is 0 Å². The zero-order chi connectivity index (χ0) is 7.90. The summed E-state index contributed by atoms with van der Waals surface area (Å²) in [4.78, 5) is 0. The molecule has 0 aromatic carbocycles. The molecular weight excluding hydrogens is 146 g/mol. The van der Waals surface area contributed by atoms with Crippen LogP contribution in [0.4, 0.5) is 8.78 Å². The third-order valence-corrected chi connectivity index (χ3v) is 2.75. The van der Waals surface area contributed by atoms with Crippen molar-refractivity contribution >= 4 is 0 Å². The molecule has 0 aromatic heterocycles. The molecule has 11 heavy (non-hydrogen) atoms. The van der Waals surface area contributed by atoms with E-state index < -0.39 is 5.92 Å². The molecule has 0 aromatic rings. The molecule has 2 heteroatoms. The van der Waals surface area contributed by atoms with Crippen LogP contribution in [0.5, 0.6) is 0 Å². The van der Waals surface area contributed by atoms with Gasteiger partial charge in [0.1, 0.15) is 0 Å². The molecule has 0 spiro atoms. The van der Waals surface area contributed by atoms with E-state index in [4.69, 9.17) is 0 Å². The van der Waals surface area contributed by atoms with Crippen LogP contribution in [0.15, 0.2) is 0 Å². The summed E-state index contributed by atoms with van der Waals surface area (Å²) in [6, 6.07) is 0. The summed E-state index contributed by atoms with van der Waals surface area (Å²) in [7, 11) is 0. The maximum atomic E-state index is 13.1. The Hall–Kier alpha value is -0.140. The molecule has 0 bridgehead atoms. The lowest BCUT2D eigenvalue weighted by molar-refractivity contribution is -0.0743. The van der Waals surface area contributed by atoms with Gasteiger partial charge >= 0.3 is 0 Å². The average Bonchev–Trinajstić information content (AvgIpc) is 2.69. The van der Waals surface area contributed by atoms with E-state index in [1.54, 1.807) is 0 Å². The van der Waals surface area contributed by atoms with Crippen LogP contribution in [0.25, 0.3) is 0 Å². The van der Waals surface area contributed by atoms with E-state index in [1.165, 1.54) is 0 Å². The third kappa shape index (κ3) is 1.40. The first kappa shape index (κ1) is 7.51. The first-order chi connectivity index (χ1) is 5.20. The summed E-state index contributed by atoms with van der Waals surface area (Å²) in [5, 5.41) is 0. The summed E-state index contributed by atoms with van der Waals surface area (Å²) in [6.45, 7) is 0. The van der Waals surface area contributed by atoms with E-state index in [0.29, 0.717) is 12.3 Å². The molecule has 0 saturated heterocycles.